The summed E-state index contributed by atoms with van der Waals surface area (Å²) in [6, 6.07) is 6.81. The number of hydrogen-bond acceptors (Lipinski definition) is 4. The minimum absolute atomic E-state index is 0.0443. The van der Waals surface area contributed by atoms with Gasteiger partial charge in [-0.1, -0.05) is 27.2 Å². The molecule has 7 heteroatoms. The molecule has 2 rings (SSSR count). The second-order valence-electron chi connectivity index (χ2n) is 7.40. The molecule has 1 heterocycles. The highest BCUT2D eigenvalue weighted by Gasteiger charge is 2.28. The van der Waals surface area contributed by atoms with E-state index in [0.717, 1.165) is 25.0 Å². The Morgan fingerprint density at radius 2 is 1.93 bits per heavy atom. The molecular weight excluding hydrogens is 358 g/mol. The van der Waals surface area contributed by atoms with Gasteiger partial charge < -0.3 is 20.3 Å². The number of ether oxygens (including phenoxy) is 1. The summed E-state index contributed by atoms with van der Waals surface area (Å²) in [5, 5.41) is 5.50. The fourth-order valence-corrected chi connectivity index (χ4v) is 3.02. The van der Waals surface area contributed by atoms with Gasteiger partial charge in [-0.15, -0.1) is 0 Å². The maximum Gasteiger partial charge on any atom is 0.251 e. The normalized spacial score (nSPS) is 16.1. The molecule has 0 bridgehead atoms. The van der Waals surface area contributed by atoms with Crippen LogP contribution in [0.4, 0.5) is 0 Å². The summed E-state index contributed by atoms with van der Waals surface area (Å²) in [5.41, 5.74) is 0.477. The van der Waals surface area contributed by atoms with E-state index in [1.54, 1.807) is 29.2 Å². The van der Waals surface area contributed by atoms with E-state index in [1.165, 1.54) is 0 Å². The molecule has 1 aromatic carbocycles. The third kappa shape index (κ3) is 6.55. The summed E-state index contributed by atoms with van der Waals surface area (Å²) in [4.78, 5) is 38.1. The van der Waals surface area contributed by atoms with Gasteiger partial charge in [0.25, 0.3) is 5.91 Å². The average molecular weight is 389 g/mol. The van der Waals surface area contributed by atoms with Gasteiger partial charge >= 0.3 is 0 Å². The van der Waals surface area contributed by atoms with Crippen LogP contribution < -0.4 is 15.4 Å². The molecule has 1 fully saturated rings. The molecule has 7 nitrogen and oxygen atoms in total. The number of likely N-dealkylation sites (tertiary alicyclic amines) is 1. The second kappa shape index (κ2) is 10.7. The van der Waals surface area contributed by atoms with Crippen LogP contribution in [0.2, 0.25) is 0 Å². The summed E-state index contributed by atoms with van der Waals surface area (Å²) in [6.07, 6.45) is 2.79. The second-order valence-corrected chi connectivity index (χ2v) is 7.40. The van der Waals surface area contributed by atoms with Crippen molar-refractivity contribution in [1.82, 2.24) is 15.5 Å². The highest BCUT2D eigenvalue weighted by Crippen LogP contribution is 2.13. The molecule has 3 amide bonds. The lowest BCUT2D eigenvalue weighted by Gasteiger charge is -2.19. The van der Waals surface area contributed by atoms with Gasteiger partial charge in [-0.25, -0.2) is 0 Å². The molecular formula is C21H31N3O4. The van der Waals surface area contributed by atoms with E-state index in [1.807, 2.05) is 13.8 Å². The lowest BCUT2D eigenvalue weighted by molar-refractivity contribution is -0.133. The molecule has 0 aromatic heterocycles. The number of benzene rings is 1. The van der Waals surface area contributed by atoms with Crippen LogP contribution in [0.25, 0.3) is 0 Å². The molecule has 0 saturated carbocycles. The smallest absolute Gasteiger partial charge is 0.251 e. The predicted octanol–water partition coefficient (Wildman–Crippen LogP) is 1.97. The van der Waals surface area contributed by atoms with Crippen molar-refractivity contribution >= 4 is 17.7 Å². The van der Waals surface area contributed by atoms with Crippen LogP contribution in [0.5, 0.6) is 5.75 Å². The Kier molecular flexibility index (Phi) is 8.29. The van der Waals surface area contributed by atoms with E-state index in [4.69, 9.17) is 4.74 Å². The van der Waals surface area contributed by atoms with Crippen LogP contribution >= 0.6 is 0 Å². The van der Waals surface area contributed by atoms with Crippen molar-refractivity contribution < 1.29 is 19.1 Å². The van der Waals surface area contributed by atoms with Crippen molar-refractivity contribution in [2.24, 2.45) is 5.92 Å². The van der Waals surface area contributed by atoms with E-state index in [0.29, 0.717) is 25.3 Å². The van der Waals surface area contributed by atoms with Crippen LogP contribution in [0.3, 0.4) is 0 Å². The molecule has 1 aliphatic heterocycles. The van der Waals surface area contributed by atoms with Gasteiger partial charge in [0.1, 0.15) is 5.75 Å². The zero-order chi connectivity index (χ0) is 20.5. The number of nitrogens with one attached hydrogen (secondary N) is 2. The van der Waals surface area contributed by atoms with Gasteiger partial charge in [0.15, 0.2) is 0 Å². The first kappa shape index (κ1) is 21.7. The topological polar surface area (TPSA) is 87.7 Å². The third-order valence-electron chi connectivity index (χ3n) is 4.65. The number of carbonyl (C=O) groups excluding carboxylic acids is 3. The molecule has 1 atom stereocenters. The van der Waals surface area contributed by atoms with Crippen molar-refractivity contribution in [1.29, 1.82) is 0 Å². The zero-order valence-corrected chi connectivity index (χ0v) is 17.0. The highest BCUT2D eigenvalue weighted by atomic mass is 16.5. The predicted molar refractivity (Wildman–Crippen MR) is 107 cm³/mol. The quantitative estimate of drug-likeness (QED) is 0.632. The zero-order valence-electron chi connectivity index (χ0n) is 17.0. The molecule has 1 saturated heterocycles. The van der Waals surface area contributed by atoms with Crippen LogP contribution in [-0.4, -0.2) is 54.9 Å². The largest absolute Gasteiger partial charge is 0.494 e. The lowest BCUT2D eigenvalue weighted by Crippen LogP contribution is -2.43. The summed E-state index contributed by atoms with van der Waals surface area (Å²) in [7, 11) is 0. The molecule has 1 aliphatic rings. The van der Waals surface area contributed by atoms with Gasteiger partial charge in [-0.2, -0.15) is 0 Å². The van der Waals surface area contributed by atoms with Crippen molar-refractivity contribution in [3.63, 3.8) is 0 Å². The van der Waals surface area contributed by atoms with E-state index >= 15 is 0 Å². The number of hydrogen-bond donors (Lipinski definition) is 2. The van der Waals surface area contributed by atoms with Crippen LogP contribution in [0.15, 0.2) is 24.3 Å². The molecule has 0 unspecified atom stereocenters. The van der Waals surface area contributed by atoms with E-state index in [-0.39, 0.29) is 36.2 Å². The Bertz CT molecular complexity index is 673. The Hall–Kier alpha value is -2.57. The number of rotatable bonds is 9. The van der Waals surface area contributed by atoms with E-state index in [2.05, 4.69) is 17.6 Å². The molecule has 154 valence electrons. The summed E-state index contributed by atoms with van der Waals surface area (Å²) >= 11 is 0. The third-order valence-corrected chi connectivity index (χ3v) is 4.65. The van der Waals surface area contributed by atoms with Crippen molar-refractivity contribution in [3.05, 3.63) is 29.8 Å². The van der Waals surface area contributed by atoms with Crippen molar-refractivity contribution in [2.45, 2.75) is 46.1 Å². The summed E-state index contributed by atoms with van der Waals surface area (Å²) in [6.45, 7) is 7.57. The van der Waals surface area contributed by atoms with Gasteiger partial charge in [0.05, 0.1) is 13.2 Å². The van der Waals surface area contributed by atoms with Gasteiger partial charge in [0, 0.05) is 30.6 Å². The number of amides is 3. The molecule has 0 radical (unpaired) electrons. The molecule has 0 spiro atoms. The van der Waals surface area contributed by atoms with Crippen LogP contribution in [-0.2, 0) is 9.59 Å². The van der Waals surface area contributed by atoms with Crippen molar-refractivity contribution in [3.8, 4) is 5.75 Å². The summed E-state index contributed by atoms with van der Waals surface area (Å²) in [5.74, 6) is 0.226. The monoisotopic (exact) mass is 389 g/mol. The number of carbonyl (C=O) groups is 3. The molecule has 2 N–H and O–H groups in total. The maximum absolute atomic E-state index is 12.2. The summed E-state index contributed by atoms with van der Waals surface area (Å²) < 4.78 is 5.57. The van der Waals surface area contributed by atoms with Gasteiger partial charge in [-0.05, 0) is 37.1 Å². The minimum Gasteiger partial charge on any atom is -0.494 e. The van der Waals surface area contributed by atoms with E-state index in [9.17, 15) is 14.4 Å². The first-order chi connectivity index (χ1) is 13.4. The Balaban J connectivity index is 1.72. The maximum atomic E-state index is 12.2. The van der Waals surface area contributed by atoms with Crippen LogP contribution in [0, 0.1) is 5.92 Å². The molecule has 0 aliphatic carbocycles. The average Bonchev–Trinajstić information content (AvgIpc) is 3.14. The first-order valence-electron chi connectivity index (χ1n) is 10.00. The van der Waals surface area contributed by atoms with E-state index < -0.39 is 0 Å². The van der Waals surface area contributed by atoms with Gasteiger partial charge in [0.2, 0.25) is 11.8 Å². The van der Waals surface area contributed by atoms with Crippen molar-refractivity contribution in [2.75, 3.05) is 26.2 Å². The molecule has 28 heavy (non-hydrogen) atoms. The number of unbranched alkanes of at least 4 members (excludes halogenated alkanes) is 1. The molecule has 1 aromatic rings. The Morgan fingerprint density at radius 3 is 2.57 bits per heavy atom. The highest BCUT2D eigenvalue weighted by molar-refractivity contribution is 5.96. The lowest BCUT2D eigenvalue weighted by atomic mass is 10.2. The SMILES string of the molecule is CCCCOc1ccc(C(=O)NCC(=O)N[C@@H]2CCN(C(=O)C(C)C)C2)cc1. The first-order valence-corrected chi connectivity index (χ1v) is 10.00. The Morgan fingerprint density at radius 1 is 1.21 bits per heavy atom. The van der Waals surface area contributed by atoms with Gasteiger partial charge in [-0.3, -0.25) is 14.4 Å². The Labute approximate surface area is 166 Å². The standard InChI is InChI=1S/C21H31N3O4/c1-4-5-12-28-18-8-6-16(7-9-18)20(26)22-13-19(25)23-17-10-11-24(14-17)21(27)15(2)3/h6-9,15,17H,4-5,10-14H2,1-3H3,(H,22,26)(H,23,25)/t17-/m1/s1. The fraction of sp³-hybridized carbons (Fsp3) is 0.571. The number of nitrogens with zero attached hydrogens (tertiary/aromatic N) is 1. The van der Waals surface area contributed by atoms with Crippen LogP contribution in [0.1, 0.15) is 50.4 Å². The fourth-order valence-electron chi connectivity index (χ4n) is 3.02. The minimum atomic E-state index is -0.307.